The maximum atomic E-state index is 8.58. The summed E-state index contributed by atoms with van der Waals surface area (Å²) in [7, 11) is 1.85. The van der Waals surface area contributed by atoms with E-state index in [1.54, 1.807) is 16.8 Å². The Labute approximate surface area is 121 Å². The van der Waals surface area contributed by atoms with E-state index in [9.17, 15) is 0 Å². The van der Waals surface area contributed by atoms with Crippen LogP contribution in [0.5, 0.6) is 0 Å². The first-order valence-electron chi connectivity index (χ1n) is 5.32. The lowest BCUT2D eigenvalue weighted by atomic mass is 10.1. The fraction of sp³-hybridized carbons (Fsp3) is 0.167. The van der Waals surface area contributed by atoms with Crippen molar-refractivity contribution in [3.05, 3.63) is 33.9 Å². The fourth-order valence-corrected chi connectivity index (χ4v) is 1.96. The topological polar surface area (TPSA) is 86.9 Å². The third-order valence-corrected chi connectivity index (χ3v) is 3.20. The number of anilines is 1. The number of aromatic nitrogens is 2. The van der Waals surface area contributed by atoms with Crippen molar-refractivity contribution < 1.29 is 4.79 Å². The van der Waals surface area contributed by atoms with Gasteiger partial charge in [-0.3, -0.25) is 9.48 Å². The van der Waals surface area contributed by atoms with Gasteiger partial charge in [0.15, 0.2) is 0 Å². The highest BCUT2D eigenvalue weighted by molar-refractivity contribution is 6.42. The summed E-state index contributed by atoms with van der Waals surface area (Å²) in [5.41, 5.74) is 13.4. The second kappa shape index (κ2) is 6.45. The molecule has 5 nitrogen and oxygen atoms in total. The number of carbonyl (C=O) groups excluding carboxylic acids is 1. The number of carbonyl (C=O) groups is 1. The molecule has 4 N–H and O–H groups in total. The highest BCUT2D eigenvalue weighted by atomic mass is 35.5. The number of hydrogen-bond donors (Lipinski definition) is 2. The minimum Gasteiger partial charge on any atom is -0.395 e. The number of nitrogen functional groups attached to an aromatic ring is 1. The second-order valence-electron chi connectivity index (χ2n) is 3.74. The molecule has 1 amide bonds. The average Bonchev–Trinajstić information content (AvgIpc) is 2.58. The van der Waals surface area contributed by atoms with Crippen LogP contribution in [-0.2, 0) is 11.8 Å². The molecule has 1 heterocycles. The Balaban J connectivity index is 0.000000550. The van der Waals surface area contributed by atoms with E-state index in [-0.39, 0.29) is 6.41 Å². The molecule has 0 aliphatic carbocycles. The summed E-state index contributed by atoms with van der Waals surface area (Å²) in [5, 5.41) is 5.30. The predicted molar refractivity (Wildman–Crippen MR) is 78.1 cm³/mol. The van der Waals surface area contributed by atoms with Crippen molar-refractivity contribution in [1.29, 1.82) is 0 Å². The summed E-state index contributed by atoms with van der Waals surface area (Å²) in [6.45, 7) is 1.87. The van der Waals surface area contributed by atoms with Crippen molar-refractivity contribution in [2.75, 3.05) is 5.73 Å². The maximum Gasteiger partial charge on any atom is 0.204 e. The third-order valence-electron chi connectivity index (χ3n) is 2.46. The van der Waals surface area contributed by atoms with Crippen molar-refractivity contribution in [2.45, 2.75) is 6.92 Å². The molecule has 0 saturated carbocycles. The van der Waals surface area contributed by atoms with Crippen LogP contribution in [0.15, 0.2) is 18.2 Å². The number of nitrogens with two attached hydrogens (primary N) is 2. The van der Waals surface area contributed by atoms with Gasteiger partial charge in [0.05, 0.1) is 27.1 Å². The van der Waals surface area contributed by atoms with E-state index in [4.69, 9.17) is 33.7 Å². The predicted octanol–water partition coefficient (Wildman–Crippen LogP) is 2.39. The lowest BCUT2D eigenvalue weighted by Crippen LogP contribution is -1.95. The summed E-state index contributed by atoms with van der Waals surface area (Å²) in [6.07, 6.45) is 0.250. The largest absolute Gasteiger partial charge is 0.395 e. The highest BCUT2D eigenvalue weighted by Crippen LogP contribution is 2.32. The van der Waals surface area contributed by atoms with Crippen LogP contribution in [-0.4, -0.2) is 16.2 Å². The molecule has 19 heavy (non-hydrogen) atoms. The molecule has 0 unspecified atom stereocenters. The molecular weight excluding hydrogens is 287 g/mol. The van der Waals surface area contributed by atoms with Gasteiger partial charge in [-0.1, -0.05) is 29.3 Å². The highest BCUT2D eigenvalue weighted by Gasteiger charge is 2.12. The Hall–Kier alpha value is -1.72. The Morgan fingerprint density at radius 3 is 2.32 bits per heavy atom. The number of primary amides is 1. The molecule has 0 aliphatic heterocycles. The van der Waals surface area contributed by atoms with Crippen LogP contribution < -0.4 is 11.5 Å². The van der Waals surface area contributed by atoms with Crippen LogP contribution in [0.25, 0.3) is 11.3 Å². The number of rotatable bonds is 1. The van der Waals surface area contributed by atoms with Gasteiger partial charge in [-0.2, -0.15) is 5.10 Å². The molecule has 0 fully saturated rings. The number of amides is 1. The number of aryl methyl sites for hydroxylation is 2. The first-order valence-corrected chi connectivity index (χ1v) is 6.07. The molecule has 2 rings (SSSR count). The first-order chi connectivity index (χ1) is 8.92. The molecule has 1 aromatic heterocycles. The Kier molecular flexibility index (Phi) is 5.20. The van der Waals surface area contributed by atoms with Gasteiger partial charge in [0.1, 0.15) is 0 Å². The van der Waals surface area contributed by atoms with Gasteiger partial charge in [-0.25, -0.2) is 0 Å². The first kappa shape index (κ1) is 15.3. The van der Waals surface area contributed by atoms with Gasteiger partial charge in [-0.15, -0.1) is 0 Å². The minimum absolute atomic E-state index is 0.250. The summed E-state index contributed by atoms with van der Waals surface area (Å²) in [5.74, 6) is 0. The zero-order chi connectivity index (χ0) is 14.6. The fourth-order valence-electron chi connectivity index (χ4n) is 1.66. The molecule has 0 spiro atoms. The number of nitrogens with zero attached hydrogens (tertiary/aromatic N) is 2. The summed E-state index contributed by atoms with van der Waals surface area (Å²) >= 11 is 11.8. The molecular formula is C12H14Cl2N4O. The Morgan fingerprint density at radius 1 is 1.32 bits per heavy atom. The van der Waals surface area contributed by atoms with Gasteiger partial charge in [0.2, 0.25) is 6.41 Å². The van der Waals surface area contributed by atoms with Crippen molar-refractivity contribution >= 4 is 35.3 Å². The van der Waals surface area contributed by atoms with Gasteiger partial charge in [0.25, 0.3) is 0 Å². The van der Waals surface area contributed by atoms with E-state index in [2.05, 4.69) is 10.8 Å². The molecule has 0 atom stereocenters. The van der Waals surface area contributed by atoms with Crippen molar-refractivity contribution in [3.63, 3.8) is 0 Å². The monoisotopic (exact) mass is 300 g/mol. The second-order valence-corrected chi connectivity index (χ2v) is 4.55. The minimum atomic E-state index is 0.250. The van der Waals surface area contributed by atoms with Crippen LogP contribution in [0.1, 0.15) is 5.69 Å². The Bertz CT molecular complexity index is 596. The van der Waals surface area contributed by atoms with E-state index in [0.29, 0.717) is 15.7 Å². The van der Waals surface area contributed by atoms with E-state index in [1.807, 2.05) is 20.0 Å². The van der Waals surface area contributed by atoms with Gasteiger partial charge in [-0.05, 0) is 19.1 Å². The summed E-state index contributed by atoms with van der Waals surface area (Å²) < 4.78 is 1.74. The molecule has 1 aromatic carbocycles. The van der Waals surface area contributed by atoms with Gasteiger partial charge >= 0.3 is 0 Å². The number of halogens is 2. The SMILES string of the molecule is Cc1nn(C)c(-c2ccc(Cl)c(Cl)c2)c1N.NC=O. The quantitative estimate of drug-likeness (QED) is 0.793. The Morgan fingerprint density at radius 2 is 1.89 bits per heavy atom. The molecule has 7 heteroatoms. The zero-order valence-electron chi connectivity index (χ0n) is 10.5. The maximum absolute atomic E-state index is 8.58. The van der Waals surface area contributed by atoms with E-state index >= 15 is 0 Å². The molecule has 2 aromatic rings. The lowest BCUT2D eigenvalue weighted by molar-refractivity contribution is -0.106. The number of hydrogen-bond acceptors (Lipinski definition) is 3. The van der Waals surface area contributed by atoms with Crippen molar-refractivity contribution in [1.82, 2.24) is 9.78 Å². The van der Waals surface area contributed by atoms with Gasteiger partial charge in [0, 0.05) is 12.6 Å². The molecule has 102 valence electrons. The van der Waals surface area contributed by atoms with Crippen LogP contribution in [0.4, 0.5) is 5.69 Å². The van der Waals surface area contributed by atoms with Crippen LogP contribution in [0, 0.1) is 6.92 Å². The van der Waals surface area contributed by atoms with E-state index < -0.39 is 0 Å². The van der Waals surface area contributed by atoms with E-state index in [0.717, 1.165) is 17.0 Å². The normalized spacial score (nSPS) is 9.68. The van der Waals surface area contributed by atoms with Crippen LogP contribution in [0.2, 0.25) is 10.0 Å². The van der Waals surface area contributed by atoms with E-state index in [1.165, 1.54) is 0 Å². The molecule has 0 saturated heterocycles. The van der Waals surface area contributed by atoms with Crippen LogP contribution >= 0.6 is 23.2 Å². The number of benzene rings is 1. The molecule has 0 radical (unpaired) electrons. The summed E-state index contributed by atoms with van der Waals surface area (Å²) in [4.78, 5) is 8.58. The van der Waals surface area contributed by atoms with Crippen molar-refractivity contribution in [2.24, 2.45) is 12.8 Å². The van der Waals surface area contributed by atoms with Crippen molar-refractivity contribution in [3.8, 4) is 11.3 Å². The van der Waals surface area contributed by atoms with Gasteiger partial charge < -0.3 is 11.5 Å². The van der Waals surface area contributed by atoms with Crippen LogP contribution in [0.3, 0.4) is 0 Å². The smallest absolute Gasteiger partial charge is 0.204 e. The third kappa shape index (κ3) is 3.39. The summed E-state index contributed by atoms with van der Waals surface area (Å²) in [6, 6.07) is 5.42. The zero-order valence-corrected chi connectivity index (χ0v) is 12.0. The molecule has 0 bridgehead atoms. The standard InChI is InChI=1S/C11H11Cl2N3.CH3NO/c1-6-10(14)11(16(2)15-6)7-3-4-8(12)9(13)5-7;2-1-3/h3-5H,14H2,1-2H3;1H,(H2,2,3). The molecule has 0 aliphatic rings. The lowest BCUT2D eigenvalue weighted by Gasteiger charge is -2.05. The average molecular weight is 301 g/mol.